The molecule has 4 heteroatoms. The van der Waals surface area contributed by atoms with Crippen LogP contribution >= 0.6 is 0 Å². The molecule has 2 unspecified atom stereocenters. The van der Waals surface area contributed by atoms with E-state index in [0.29, 0.717) is 6.04 Å². The summed E-state index contributed by atoms with van der Waals surface area (Å²) in [5.74, 6) is 1.48. The molecule has 1 heterocycles. The molecule has 1 fully saturated rings. The van der Waals surface area contributed by atoms with Gasteiger partial charge in [0.05, 0.1) is 11.4 Å². The number of nitrogens with zero attached hydrogens (tertiary/aromatic N) is 3. The van der Waals surface area contributed by atoms with Gasteiger partial charge in [0, 0.05) is 6.04 Å². The van der Waals surface area contributed by atoms with Crippen molar-refractivity contribution in [3.05, 3.63) is 36.9 Å². The molecule has 1 aromatic carbocycles. The molecule has 0 saturated heterocycles. The Kier molecular flexibility index (Phi) is 4.23. The zero-order chi connectivity index (χ0) is 14.7. The van der Waals surface area contributed by atoms with Crippen LogP contribution in [0, 0.1) is 11.8 Å². The van der Waals surface area contributed by atoms with Crippen LogP contribution in [0.5, 0.6) is 0 Å². The molecule has 0 spiro atoms. The van der Waals surface area contributed by atoms with Crippen molar-refractivity contribution in [1.82, 2.24) is 14.8 Å². The summed E-state index contributed by atoms with van der Waals surface area (Å²) >= 11 is 0. The highest BCUT2D eigenvalue weighted by Gasteiger charge is 2.27. The summed E-state index contributed by atoms with van der Waals surface area (Å²) in [6.07, 6.45) is 8.61. The molecule has 0 bridgehead atoms. The number of para-hydroxylation sites is 2. The molecule has 0 amide bonds. The topological polar surface area (TPSA) is 42.7 Å². The maximum Gasteiger partial charge on any atom is 0.138 e. The standard InChI is InChI=1S/C17H24N4/c1-13(2)14-7-3-4-8-15(14)20-16-9-5-6-10-17(16)21-12-18-11-19-21/h5-6,9-15,20H,3-4,7-8H2,1-2H3. The van der Waals surface area contributed by atoms with Gasteiger partial charge in [-0.15, -0.1) is 0 Å². The first kappa shape index (κ1) is 14.1. The Bertz CT molecular complexity index is 562. The van der Waals surface area contributed by atoms with Crippen LogP contribution in [0.25, 0.3) is 5.69 Å². The minimum atomic E-state index is 0.559. The molecule has 21 heavy (non-hydrogen) atoms. The highest BCUT2D eigenvalue weighted by atomic mass is 15.3. The minimum Gasteiger partial charge on any atom is -0.380 e. The van der Waals surface area contributed by atoms with Crippen molar-refractivity contribution in [2.24, 2.45) is 11.8 Å². The zero-order valence-electron chi connectivity index (χ0n) is 12.9. The number of anilines is 1. The van der Waals surface area contributed by atoms with Crippen LogP contribution in [0.4, 0.5) is 5.69 Å². The summed E-state index contributed by atoms with van der Waals surface area (Å²) in [5.41, 5.74) is 2.23. The number of nitrogens with one attached hydrogen (secondary N) is 1. The summed E-state index contributed by atoms with van der Waals surface area (Å²) in [6.45, 7) is 4.68. The van der Waals surface area contributed by atoms with E-state index in [2.05, 4.69) is 47.4 Å². The lowest BCUT2D eigenvalue weighted by Gasteiger charge is -2.36. The van der Waals surface area contributed by atoms with E-state index in [-0.39, 0.29) is 0 Å². The average molecular weight is 284 g/mol. The third kappa shape index (κ3) is 3.09. The van der Waals surface area contributed by atoms with Crippen LogP contribution in [0.15, 0.2) is 36.9 Å². The second kappa shape index (κ2) is 6.29. The molecule has 112 valence electrons. The zero-order valence-corrected chi connectivity index (χ0v) is 12.9. The SMILES string of the molecule is CC(C)C1CCCCC1Nc1ccccc1-n1cncn1. The van der Waals surface area contributed by atoms with E-state index in [1.807, 2.05) is 10.7 Å². The summed E-state index contributed by atoms with van der Waals surface area (Å²) in [4.78, 5) is 4.05. The van der Waals surface area contributed by atoms with E-state index in [9.17, 15) is 0 Å². The van der Waals surface area contributed by atoms with Crippen molar-refractivity contribution < 1.29 is 0 Å². The Hall–Kier alpha value is -1.84. The first-order valence-electron chi connectivity index (χ1n) is 7.96. The number of rotatable bonds is 4. The summed E-state index contributed by atoms with van der Waals surface area (Å²) < 4.78 is 1.83. The molecular weight excluding hydrogens is 260 g/mol. The molecule has 2 atom stereocenters. The molecule has 1 aliphatic carbocycles. The Labute approximate surface area is 126 Å². The molecule has 0 radical (unpaired) electrons. The van der Waals surface area contributed by atoms with Gasteiger partial charge in [0.25, 0.3) is 0 Å². The van der Waals surface area contributed by atoms with E-state index in [1.165, 1.54) is 25.7 Å². The van der Waals surface area contributed by atoms with Crippen LogP contribution in [-0.4, -0.2) is 20.8 Å². The third-order valence-corrected chi connectivity index (χ3v) is 4.59. The molecule has 1 N–H and O–H groups in total. The molecule has 1 saturated carbocycles. The molecule has 3 rings (SSSR count). The van der Waals surface area contributed by atoms with Gasteiger partial charge in [0.2, 0.25) is 0 Å². The molecule has 0 aliphatic heterocycles. The van der Waals surface area contributed by atoms with Gasteiger partial charge in [-0.25, -0.2) is 9.67 Å². The number of hydrogen-bond donors (Lipinski definition) is 1. The van der Waals surface area contributed by atoms with Crippen molar-refractivity contribution in [3.8, 4) is 5.69 Å². The van der Waals surface area contributed by atoms with Gasteiger partial charge in [-0.2, -0.15) is 5.10 Å². The molecule has 1 aliphatic rings. The predicted molar refractivity (Wildman–Crippen MR) is 85.6 cm³/mol. The van der Waals surface area contributed by atoms with Gasteiger partial charge in [-0.05, 0) is 36.8 Å². The Morgan fingerprint density at radius 2 is 2.00 bits per heavy atom. The highest BCUT2D eigenvalue weighted by Crippen LogP contribution is 2.33. The fraction of sp³-hybridized carbons (Fsp3) is 0.529. The maximum absolute atomic E-state index is 4.26. The van der Waals surface area contributed by atoms with Gasteiger partial charge in [-0.3, -0.25) is 0 Å². The lowest BCUT2D eigenvalue weighted by atomic mass is 9.77. The number of benzene rings is 1. The summed E-state index contributed by atoms with van der Waals surface area (Å²) in [7, 11) is 0. The monoisotopic (exact) mass is 284 g/mol. The third-order valence-electron chi connectivity index (χ3n) is 4.59. The number of aromatic nitrogens is 3. The quantitative estimate of drug-likeness (QED) is 0.926. The highest BCUT2D eigenvalue weighted by molar-refractivity contribution is 5.61. The van der Waals surface area contributed by atoms with Gasteiger partial charge in [0.15, 0.2) is 0 Å². The van der Waals surface area contributed by atoms with Gasteiger partial charge >= 0.3 is 0 Å². The normalized spacial score (nSPS) is 22.4. The largest absolute Gasteiger partial charge is 0.380 e. The van der Waals surface area contributed by atoms with Gasteiger partial charge in [0.1, 0.15) is 12.7 Å². The molecular formula is C17H24N4. The number of hydrogen-bond acceptors (Lipinski definition) is 3. The second-order valence-corrected chi connectivity index (χ2v) is 6.30. The molecule has 4 nitrogen and oxygen atoms in total. The molecule has 1 aromatic heterocycles. The van der Waals surface area contributed by atoms with E-state index in [4.69, 9.17) is 0 Å². The first-order chi connectivity index (χ1) is 10.3. The van der Waals surface area contributed by atoms with Crippen LogP contribution < -0.4 is 5.32 Å². The lowest BCUT2D eigenvalue weighted by molar-refractivity contribution is 0.254. The first-order valence-corrected chi connectivity index (χ1v) is 7.96. The predicted octanol–water partition coefficient (Wildman–Crippen LogP) is 3.89. The van der Waals surface area contributed by atoms with E-state index < -0.39 is 0 Å². The van der Waals surface area contributed by atoms with Gasteiger partial charge in [-0.1, -0.05) is 38.8 Å². The van der Waals surface area contributed by atoms with Crippen molar-refractivity contribution in [2.45, 2.75) is 45.6 Å². The van der Waals surface area contributed by atoms with E-state index >= 15 is 0 Å². The second-order valence-electron chi connectivity index (χ2n) is 6.30. The smallest absolute Gasteiger partial charge is 0.138 e. The van der Waals surface area contributed by atoms with E-state index in [0.717, 1.165) is 23.2 Å². The van der Waals surface area contributed by atoms with Crippen molar-refractivity contribution in [2.75, 3.05) is 5.32 Å². The maximum atomic E-state index is 4.26. The fourth-order valence-electron chi connectivity index (χ4n) is 3.46. The Morgan fingerprint density at radius 3 is 2.76 bits per heavy atom. The summed E-state index contributed by atoms with van der Waals surface area (Å²) in [5, 5.41) is 8.04. The van der Waals surface area contributed by atoms with Crippen molar-refractivity contribution in [1.29, 1.82) is 0 Å². The van der Waals surface area contributed by atoms with Crippen molar-refractivity contribution in [3.63, 3.8) is 0 Å². The fourth-order valence-corrected chi connectivity index (χ4v) is 3.46. The van der Waals surface area contributed by atoms with Crippen LogP contribution in [0.2, 0.25) is 0 Å². The van der Waals surface area contributed by atoms with Crippen LogP contribution in [0.3, 0.4) is 0 Å². The lowest BCUT2D eigenvalue weighted by Crippen LogP contribution is -2.35. The Balaban J connectivity index is 1.84. The Morgan fingerprint density at radius 1 is 1.19 bits per heavy atom. The van der Waals surface area contributed by atoms with Crippen LogP contribution in [0.1, 0.15) is 39.5 Å². The average Bonchev–Trinajstić information content (AvgIpc) is 3.02. The summed E-state index contributed by atoms with van der Waals surface area (Å²) in [6, 6.07) is 8.91. The molecule has 2 aromatic rings. The minimum absolute atomic E-state index is 0.559. The van der Waals surface area contributed by atoms with E-state index in [1.54, 1.807) is 12.7 Å². The van der Waals surface area contributed by atoms with Crippen LogP contribution in [-0.2, 0) is 0 Å². The van der Waals surface area contributed by atoms with Gasteiger partial charge < -0.3 is 5.32 Å². The van der Waals surface area contributed by atoms with Crippen molar-refractivity contribution >= 4 is 5.69 Å².